The van der Waals surface area contributed by atoms with Crippen molar-refractivity contribution in [2.24, 2.45) is 0 Å². The fraction of sp³-hybridized carbons (Fsp3) is 0.583. The summed E-state index contributed by atoms with van der Waals surface area (Å²) in [6.07, 6.45) is -5.46. The van der Waals surface area contributed by atoms with Crippen molar-refractivity contribution in [1.29, 1.82) is 0 Å². The lowest BCUT2D eigenvalue weighted by Gasteiger charge is -2.33. The second kappa shape index (κ2) is 6.34. The van der Waals surface area contributed by atoms with Crippen LogP contribution in [0.3, 0.4) is 0 Å². The summed E-state index contributed by atoms with van der Waals surface area (Å²) in [4.78, 5) is 12.2. The molecule has 0 saturated carbocycles. The van der Waals surface area contributed by atoms with Gasteiger partial charge in [-0.05, 0) is 0 Å². The molecule has 1 saturated heterocycles. The highest BCUT2D eigenvalue weighted by Gasteiger charge is 2.37. The Labute approximate surface area is 123 Å². The molecule has 1 aliphatic rings. The van der Waals surface area contributed by atoms with E-state index in [1.165, 1.54) is 4.90 Å². The predicted molar refractivity (Wildman–Crippen MR) is 67.8 cm³/mol. The minimum absolute atomic E-state index is 0.00631. The Morgan fingerprint density at radius 2 is 2.27 bits per heavy atom. The summed E-state index contributed by atoms with van der Waals surface area (Å²) in [5.74, 6) is -1.64. The number of methoxy groups -OCH3 is 1. The number of ether oxygens (including phenoxy) is 2. The van der Waals surface area contributed by atoms with Crippen LogP contribution in [0.15, 0.2) is 6.07 Å². The molecule has 7 nitrogen and oxygen atoms in total. The van der Waals surface area contributed by atoms with Crippen LogP contribution >= 0.6 is 0 Å². The lowest BCUT2D eigenvalue weighted by molar-refractivity contribution is -0.140. The van der Waals surface area contributed by atoms with Gasteiger partial charge in [0, 0.05) is 19.2 Å². The number of halogens is 3. The number of carboxylic acid groups (broad SMARTS) is 1. The van der Waals surface area contributed by atoms with Gasteiger partial charge < -0.3 is 19.5 Å². The van der Waals surface area contributed by atoms with Crippen molar-refractivity contribution in [1.82, 2.24) is 10.2 Å². The normalized spacial score (nSPS) is 19.1. The Morgan fingerprint density at radius 1 is 1.55 bits per heavy atom. The van der Waals surface area contributed by atoms with Crippen LogP contribution in [0.4, 0.5) is 19.0 Å². The van der Waals surface area contributed by atoms with Crippen LogP contribution < -0.4 is 9.64 Å². The summed E-state index contributed by atoms with van der Waals surface area (Å²) < 4.78 is 48.7. The fourth-order valence-electron chi connectivity index (χ4n) is 2.12. The Morgan fingerprint density at radius 3 is 2.86 bits per heavy atom. The van der Waals surface area contributed by atoms with E-state index in [1.807, 2.05) is 0 Å². The highest BCUT2D eigenvalue weighted by Crippen LogP contribution is 2.36. The van der Waals surface area contributed by atoms with E-state index in [2.05, 4.69) is 14.9 Å². The maximum atomic E-state index is 13.0. The third kappa shape index (κ3) is 3.75. The molecule has 1 unspecified atom stereocenters. The molecule has 22 heavy (non-hydrogen) atoms. The van der Waals surface area contributed by atoms with Gasteiger partial charge in [0.15, 0.2) is 5.82 Å². The minimum Gasteiger partial charge on any atom is -0.481 e. The van der Waals surface area contributed by atoms with Crippen LogP contribution in [0.5, 0.6) is 5.88 Å². The molecule has 0 aliphatic carbocycles. The van der Waals surface area contributed by atoms with Gasteiger partial charge >= 0.3 is 12.1 Å². The molecule has 1 aliphatic heterocycles. The van der Waals surface area contributed by atoms with E-state index in [-0.39, 0.29) is 25.4 Å². The monoisotopic (exact) mass is 321 g/mol. The van der Waals surface area contributed by atoms with E-state index in [1.54, 1.807) is 0 Å². The molecule has 1 fully saturated rings. The fourth-order valence-corrected chi connectivity index (χ4v) is 2.12. The number of carbonyl (C=O) groups is 1. The van der Waals surface area contributed by atoms with Gasteiger partial charge in [-0.2, -0.15) is 13.2 Å². The quantitative estimate of drug-likeness (QED) is 0.891. The molecule has 122 valence electrons. The number of aromatic nitrogens is 2. The van der Waals surface area contributed by atoms with Gasteiger partial charge in [0.25, 0.3) is 0 Å². The highest BCUT2D eigenvalue weighted by atomic mass is 19.4. The number of hydrogen-bond donors (Lipinski definition) is 1. The number of nitrogens with zero attached hydrogens (tertiary/aromatic N) is 3. The molecule has 0 aromatic carbocycles. The standard InChI is InChI=1S/C12H14F3N3O4/c1-21-11-8(12(13,14)15)5-9(16-17-11)18-2-3-22-7(6-18)4-10(19)20/h5,7H,2-4,6H2,1H3,(H,19,20). The molecule has 0 spiro atoms. The molecule has 1 atom stereocenters. The summed E-state index contributed by atoms with van der Waals surface area (Å²) >= 11 is 0. The van der Waals surface area contributed by atoms with Crippen LogP contribution in [0.25, 0.3) is 0 Å². The summed E-state index contributed by atoms with van der Waals surface area (Å²) in [6.45, 7) is 0.631. The van der Waals surface area contributed by atoms with Gasteiger partial charge in [-0.1, -0.05) is 0 Å². The number of hydrogen-bond acceptors (Lipinski definition) is 6. The van der Waals surface area contributed by atoms with Gasteiger partial charge in [0.05, 0.1) is 26.2 Å². The molecule has 2 rings (SSSR count). The zero-order valence-corrected chi connectivity index (χ0v) is 11.6. The van der Waals surface area contributed by atoms with Crippen molar-refractivity contribution in [2.75, 3.05) is 31.7 Å². The molecule has 1 aromatic heterocycles. The molecular formula is C12H14F3N3O4. The lowest BCUT2D eigenvalue weighted by atomic mass is 10.2. The molecule has 0 bridgehead atoms. The second-order valence-corrected chi connectivity index (χ2v) is 4.66. The van der Waals surface area contributed by atoms with Crippen molar-refractivity contribution in [3.63, 3.8) is 0 Å². The number of morpholine rings is 1. The van der Waals surface area contributed by atoms with E-state index in [4.69, 9.17) is 9.84 Å². The number of alkyl halides is 3. The summed E-state index contributed by atoms with van der Waals surface area (Å²) in [7, 11) is 1.08. The van der Waals surface area contributed by atoms with E-state index in [9.17, 15) is 18.0 Å². The number of rotatable bonds is 4. The summed E-state index contributed by atoms with van der Waals surface area (Å²) in [5.41, 5.74) is -1.03. The van der Waals surface area contributed by atoms with Crippen LogP contribution in [-0.4, -0.2) is 54.2 Å². The van der Waals surface area contributed by atoms with Crippen LogP contribution in [-0.2, 0) is 15.7 Å². The average molecular weight is 321 g/mol. The van der Waals surface area contributed by atoms with Gasteiger partial charge in [0.1, 0.15) is 5.56 Å². The van der Waals surface area contributed by atoms with E-state index in [0.29, 0.717) is 6.54 Å². The number of carboxylic acids is 1. The van der Waals surface area contributed by atoms with E-state index in [0.717, 1.165) is 13.2 Å². The number of aliphatic carboxylic acids is 1. The molecule has 2 heterocycles. The smallest absolute Gasteiger partial charge is 0.421 e. The first-order chi connectivity index (χ1) is 10.3. The molecule has 10 heteroatoms. The molecule has 1 aromatic rings. The summed E-state index contributed by atoms with van der Waals surface area (Å²) in [5, 5.41) is 15.9. The maximum absolute atomic E-state index is 13.0. The largest absolute Gasteiger partial charge is 0.481 e. The van der Waals surface area contributed by atoms with Gasteiger partial charge in [-0.15, -0.1) is 10.2 Å². The van der Waals surface area contributed by atoms with Crippen molar-refractivity contribution in [3.05, 3.63) is 11.6 Å². The highest BCUT2D eigenvalue weighted by molar-refractivity contribution is 5.67. The molecule has 0 radical (unpaired) electrons. The first kappa shape index (κ1) is 16.3. The first-order valence-corrected chi connectivity index (χ1v) is 6.38. The zero-order chi connectivity index (χ0) is 16.3. The SMILES string of the molecule is COc1nnc(N2CCOC(CC(=O)O)C2)cc1C(F)(F)F. The predicted octanol–water partition coefficient (Wildman–Crippen LogP) is 1.18. The van der Waals surface area contributed by atoms with Crippen molar-refractivity contribution >= 4 is 11.8 Å². The van der Waals surface area contributed by atoms with Gasteiger partial charge in [-0.25, -0.2) is 0 Å². The Kier molecular flexibility index (Phi) is 4.69. The van der Waals surface area contributed by atoms with Gasteiger partial charge in [-0.3, -0.25) is 4.79 Å². The van der Waals surface area contributed by atoms with E-state index >= 15 is 0 Å². The van der Waals surface area contributed by atoms with Crippen LogP contribution in [0, 0.1) is 0 Å². The Hall–Kier alpha value is -2.10. The van der Waals surface area contributed by atoms with Crippen molar-refractivity contribution < 1.29 is 32.5 Å². The molecule has 1 N–H and O–H groups in total. The topological polar surface area (TPSA) is 84.8 Å². The minimum atomic E-state index is -4.62. The Balaban J connectivity index is 2.23. The maximum Gasteiger partial charge on any atom is 0.421 e. The number of anilines is 1. The average Bonchev–Trinajstić information content (AvgIpc) is 2.45. The summed E-state index contributed by atoms with van der Waals surface area (Å²) in [6, 6.07) is 0.842. The first-order valence-electron chi connectivity index (χ1n) is 6.38. The zero-order valence-electron chi connectivity index (χ0n) is 11.6. The van der Waals surface area contributed by atoms with Crippen molar-refractivity contribution in [3.8, 4) is 5.88 Å². The van der Waals surface area contributed by atoms with Crippen LogP contribution in [0.1, 0.15) is 12.0 Å². The van der Waals surface area contributed by atoms with Crippen LogP contribution in [0.2, 0.25) is 0 Å². The van der Waals surface area contributed by atoms with Gasteiger partial charge in [0.2, 0.25) is 5.88 Å². The third-order valence-electron chi connectivity index (χ3n) is 3.11. The Bertz CT molecular complexity index is 553. The molecule has 0 amide bonds. The van der Waals surface area contributed by atoms with E-state index < -0.39 is 29.7 Å². The lowest BCUT2D eigenvalue weighted by Crippen LogP contribution is -2.44. The third-order valence-corrected chi connectivity index (χ3v) is 3.11. The molecular weight excluding hydrogens is 307 g/mol. The second-order valence-electron chi connectivity index (χ2n) is 4.66. The van der Waals surface area contributed by atoms with Crippen molar-refractivity contribution in [2.45, 2.75) is 18.7 Å².